The molecule has 1 aliphatic heterocycles. The molecule has 1 aliphatic rings. The highest BCUT2D eigenvalue weighted by molar-refractivity contribution is 6.14. The molecule has 4 rings (SSSR count). The lowest BCUT2D eigenvalue weighted by Crippen LogP contribution is -2.20. The molecule has 7 nitrogen and oxygen atoms in total. The standard InChI is InChI=1S/C22H21N7/c1-15-20-14-26-29(21-9-4-5-11-24-21)17(3)22(20)16(2)28(15)19-8-6-7-18(13-19)27-25-12-10-23/h4-14,23,27H,3H2,1-2H3/b23-10?,25-12-. The van der Waals surface area contributed by atoms with Gasteiger partial charge in [0.05, 0.1) is 23.8 Å². The van der Waals surface area contributed by atoms with E-state index in [1.165, 1.54) is 6.21 Å². The topological polar surface area (TPSA) is 81.7 Å². The second-order valence-electron chi connectivity index (χ2n) is 6.59. The van der Waals surface area contributed by atoms with Crippen molar-refractivity contribution in [2.45, 2.75) is 13.8 Å². The maximum Gasteiger partial charge on any atom is 0.153 e. The SMILES string of the molecule is C=C1c2c(c(C)n(-c3cccc(N/N=C\C=N)c3)c2C)C=NN1c1ccccn1. The lowest BCUT2D eigenvalue weighted by atomic mass is 10.1. The van der Waals surface area contributed by atoms with Crippen LogP contribution >= 0.6 is 0 Å². The Morgan fingerprint density at radius 3 is 2.76 bits per heavy atom. The zero-order valence-electron chi connectivity index (χ0n) is 16.3. The number of hydrogen-bond acceptors (Lipinski definition) is 6. The molecule has 0 spiro atoms. The van der Waals surface area contributed by atoms with Gasteiger partial charge >= 0.3 is 0 Å². The van der Waals surface area contributed by atoms with Crippen LogP contribution in [0.2, 0.25) is 0 Å². The van der Waals surface area contributed by atoms with Crippen molar-refractivity contribution in [3.63, 3.8) is 0 Å². The molecule has 0 amide bonds. The summed E-state index contributed by atoms with van der Waals surface area (Å²) in [4.78, 5) is 4.40. The van der Waals surface area contributed by atoms with Crippen LogP contribution in [0.3, 0.4) is 0 Å². The predicted molar refractivity (Wildman–Crippen MR) is 119 cm³/mol. The molecule has 0 saturated heterocycles. The molecule has 0 unspecified atom stereocenters. The molecular weight excluding hydrogens is 362 g/mol. The van der Waals surface area contributed by atoms with Gasteiger partial charge in [0, 0.05) is 40.6 Å². The van der Waals surface area contributed by atoms with E-state index >= 15 is 0 Å². The highest BCUT2D eigenvalue weighted by Gasteiger charge is 2.26. The Morgan fingerprint density at radius 1 is 1.14 bits per heavy atom. The molecule has 7 heteroatoms. The van der Waals surface area contributed by atoms with Crippen molar-refractivity contribution < 1.29 is 0 Å². The Bertz CT molecular complexity index is 1140. The first-order valence-electron chi connectivity index (χ1n) is 9.16. The van der Waals surface area contributed by atoms with Crippen LogP contribution in [0.25, 0.3) is 11.4 Å². The molecule has 3 heterocycles. The van der Waals surface area contributed by atoms with Crippen molar-refractivity contribution >= 4 is 35.8 Å². The molecule has 0 radical (unpaired) electrons. The average Bonchev–Trinajstić information content (AvgIpc) is 3.00. The largest absolute Gasteiger partial charge is 0.317 e. The number of benzene rings is 1. The first-order chi connectivity index (χ1) is 14.1. The molecule has 29 heavy (non-hydrogen) atoms. The minimum absolute atomic E-state index is 0.736. The van der Waals surface area contributed by atoms with Gasteiger partial charge in [-0.15, -0.1) is 0 Å². The highest BCUT2D eigenvalue weighted by atomic mass is 15.5. The van der Waals surface area contributed by atoms with Gasteiger partial charge in [-0.1, -0.05) is 18.7 Å². The van der Waals surface area contributed by atoms with Gasteiger partial charge in [0.2, 0.25) is 0 Å². The second-order valence-corrected chi connectivity index (χ2v) is 6.59. The van der Waals surface area contributed by atoms with Crippen LogP contribution in [-0.2, 0) is 0 Å². The van der Waals surface area contributed by atoms with E-state index in [2.05, 4.69) is 45.6 Å². The lowest BCUT2D eigenvalue weighted by Gasteiger charge is -2.24. The fourth-order valence-electron chi connectivity index (χ4n) is 3.60. The summed E-state index contributed by atoms with van der Waals surface area (Å²) in [7, 11) is 0. The molecular formula is C22H21N7. The van der Waals surface area contributed by atoms with E-state index in [1.54, 1.807) is 11.2 Å². The van der Waals surface area contributed by atoms with Crippen molar-refractivity contribution in [2.75, 3.05) is 10.4 Å². The summed E-state index contributed by atoms with van der Waals surface area (Å²) >= 11 is 0. The first kappa shape index (κ1) is 18.4. The van der Waals surface area contributed by atoms with Gasteiger partial charge in [0.1, 0.15) is 0 Å². The van der Waals surface area contributed by atoms with Crippen LogP contribution in [0.4, 0.5) is 11.5 Å². The molecule has 0 saturated carbocycles. The summed E-state index contributed by atoms with van der Waals surface area (Å²) in [6, 6.07) is 13.7. The van der Waals surface area contributed by atoms with E-state index in [0.717, 1.165) is 51.6 Å². The summed E-state index contributed by atoms with van der Waals surface area (Å²) < 4.78 is 2.19. The molecule has 0 fully saturated rings. The molecule has 0 bridgehead atoms. The van der Waals surface area contributed by atoms with Gasteiger partial charge in [-0.3, -0.25) is 5.43 Å². The fraction of sp³-hybridized carbons (Fsp3) is 0.0909. The van der Waals surface area contributed by atoms with E-state index in [1.807, 2.05) is 48.7 Å². The third kappa shape index (κ3) is 3.23. The van der Waals surface area contributed by atoms with Crippen LogP contribution in [-0.4, -0.2) is 28.2 Å². The van der Waals surface area contributed by atoms with Crippen molar-refractivity contribution in [3.8, 4) is 5.69 Å². The maximum atomic E-state index is 7.03. The molecule has 144 valence electrons. The smallest absolute Gasteiger partial charge is 0.153 e. The summed E-state index contributed by atoms with van der Waals surface area (Å²) in [5.41, 5.74) is 9.86. The summed E-state index contributed by atoms with van der Waals surface area (Å²) in [5, 5.41) is 17.4. The molecule has 3 aromatic rings. The van der Waals surface area contributed by atoms with Crippen molar-refractivity contribution in [1.82, 2.24) is 9.55 Å². The van der Waals surface area contributed by atoms with Crippen molar-refractivity contribution in [2.24, 2.45) is 10.2 Å². The zero-order valence-corrected chi connectivity index (χ0v) is 16.3. The highest BCUT2D eigenvalue weighted by Crippen LogP contribution is 2.36. The Morgan fingerprint density at radius 2 is 2.00 bits per heavy atom. The molecule has 2 N–H and O–H groups in total. The third-order valence-electron chi connectivity index (χ3n) is 4.85. The average molecular weight is 383 g/mol. The van der Waals surface area contributed by atoms with E-state index in [4.69, 9.17) is 5.41 Å². The Hall–Kier alpha value is -4.00. The number of pyridine rings is 1. The summed E-state index contributed by atoms with van der Waals surface area (Å²) in [6.07, 6.45) is 6.14. The van der Waals surface area contributed by atoms with Gasteiger partial charge < -0.3 is 9.98 Å². The monoisotopic (exact) mass is 383 g/mol. The molecule has 0 aliphatic carbocycles. The molecule has 1 aromatic carbocycles. The zero-order chi connectivity index (χ0) is 20.4. The number of hydrazone groups is 2. The van der Waals surface area contributed by atoms with Crippen LogP contribution < -0.4 is 10.4 Å². The number of fused-ring (bicyclic) bond motifs is 1. The number of nitrogens with zero attached hydrogens (tertiary/aromatic N) is 5. The van der Waals surface area contributed by atoms with Gasteiger partial charge in [0.15, 0.2) is 5.82 Å². The third-order valence-corrected chi connectivity index (χ3v) is 4.85. The number of nitrogens with one attached hydrogen (secondary N) is 2. The number of hydrogen-bond donors (Lipinski definition) is 2. The summed E-state index contributed by atoms with van der Waals surface area (Å²) in [6.45, 7) is 8.46. The first-order valence-corrected chi connectivity index (χ1v) is 9.16. The van der Waals surface area contributed by atoms with Gasteiger partial charge in [0.25, 0.3) is 0 Å². The van der Waals surface area contributed by atoms with E-state index in [-0.39, 0.29) is 0 Å². The van der Waals surface area contributed by atoms with Crippen LogP contribution in [0.15, 0.2) is 65.4 Å². The van der Waals surface area contributed by atoms with Crippen LogP contribution in [0.1, 0.15) is 22.5 Å². The Balaban J connectivity index is 1.76. The number of anilines is 2. The maximum absolute atomic E-state index is 7.03. The van der Waals surface area contributed by atoms with Crippen molar-refractivity contribution in [1.29, 1.82) is 5.41 Å². The van der Waals surface area contributed by atoms with E-state index in [9.17, 15) is 0 Å². The molecule has 2 aromatic heterocycles. The minimum Gasteiger partial charge on any atom is -0.317 e. The second kappa shape index (κ2) is 7.55. The van der Waals surface area contributed by atoms with Gasteiger partial charge in [-0.05, 0) is 44.2 Å². The normalized spacial score (nSPS) is 13.0. The Labute approximate surface area is 169 Å². The molecule has 0 atom stereocenters. The van der Waals surface area contributed by atoms with Gasteiger partial charge in [-0.2, -0.15) is 10.2 Å². The van der Waals surface area contributed by atoms with Gasteiger partial charge in [-0.25, -0.2) is 9.99 Å². The summed E-state index contributed by atoms with van der Waals surface area (Å²) in [5.74, 6) is 0.736. The van der Waals surface area contributed by atoms with Crippen molar-refractivity contribution in [3.05, 3.63) is 77.8 Å². The Kier molecular flexibility index (Phi) is 4.78. The number of aromatic nitrogens is 2. The minimum atomic E-state index is 0.736. The fourth-order valence-corrected chi connectivity index (χ4v) is 3.60. The predicted octanol–water partition coefficient (Wildman–Crippen LogP) is 4.36. The van der Waals surface area contributed by atoms with Crippen LogP contribution in [0.5, 0.6) is 0 Å². The van der Waals surface area contributed by atoms with E-state index < -0.39 is 0 Å². The quantitative estimate of drug-likeness (QED) is 0.507. The number of rotatable bonds is 5. The lowest BCUT2D eigenvalue weighted by molar-refractivity contribution is 0.962. The van der Waals surface area contributed by atoms with Crippen LogP contribution in [0, 0.1) is 19.3 Å². The van der Waals surface area contributed by atoms with E-state index in [0.29, 0.717) is 0 Å².